The zero-order valence-corrected chi connectivity index (χ0v) is 13.6. The van der Waals surface area contributed by atoms with E-state index in [0.717, 1.165) is 10.9 Å². The number of aromatic nitrogens is 3. The van der Waals surface area contributed by atoms with Crippen LogP contribution in [0.1, 0.15) is 17.7 Å². The van der Waals surface area contributed by atoms with Gasteiger partial charge in [0.2, 0.25) is 5.95 Å². The molecule has 0 unspecified atom stereocenters. The molecular formula is C16H14F2N4OS. The van der Waals surface area contributed by atoms with Gasteiger partial charge in [-0.3, -0.25) is 0 Å². The van der Waals surface area contributed by atoms with E-state index in [-0.39, 0.29) is 0 Å². The van der Waals surface area contributed by atoms with E-state index in [1.165, 1.54) is 11.3 Å². The van der Waals surface area contributed by atoms with Crippen LogP contribution < -0.4 is 5.32 Å². The van der Waals surface area contributed by atoms with Crippen molar-refractivity contribution in [2.45, 2.75) is 24.4 Å². The first-order chi connectivity index (χ1) is 11.4. The Morgan fingerprint density at radius 1 is 1.21 bits per heavy atom. The number of nitrogens with zero attached hydrogens (tertiary/aromatic N) is 3. The van der Waals surface area contributed by atoms with Crippen LogP contribution in [0.2, 0.25) is 0 Å². The number of anilines is 1. The molecule has 0 radical (unpaired) electrons. The zero-order chi connectivity index (χ0) is 16.9. The maximum atomic E-state index is 13.1. The van der Waals surface area contributed by atoms with Crippen LogP contribution in [0.3, 0.4) is 0 Å². The van der Waals surface area contributed by atoms with Gasteiger partial charge >= 0.3 is 0 Å². The smallest absolute Gasteiger partial charge is 0.254 e. The predicted molar refractivity (Wildman–Crippen MR) is 88.3 cm³/mol. The Balaban J connectivity index is 1.68. The molecule has 1 fully saturated rings. The molecule has 0 aliphatic heterocycles. The van der Waals surface area contributed by atoms with Gasteiger partial charge in [0, 0.05) is 48.1 Å². The number of rotatable bonds is 3. The van der Waals surface area contributed by atoms with E-state index < -0.39 is 24.4 Å². The topological polar surface area (TPSA) is 70.9 Å². The van der Waals surface area contributed by atoms with Crippen LogP contribution in [-0.2, 0) is 5.60 Å². The van der Waals surface area contributed by atoms with Crippen LogP contribution in [0.25, 0.3) is 21.5 Å². The number of thiophene rings is 1. The van der Waals surface area contributed by atoms with E-state index in [4.69, 9.17) is 0 Å². The Bertz CT molecular complexity index is 902. The molecule has 0 bridgehead atoms. The minimum Gasteiger partial charge on any atom is -0.384 e. The van der Waals surface area contributed by atoms with Crippen molar-refractivity contribution in [1.29, 1.82) is 0 Å². The molecule has 1 saturated carbocycles. The second kappa shape index (κ2) is 5.15. The summed E-state index contributed by atoms with van der Waals surface area (Å²) in [5.41, 5.74) is 0.0243. The molecule has 3 aromatic heterocycles. The highest BCUT2D eigenvalue weighted by molar-refractivity contribution is 7.18. The quantitative estimate of drug-likeness (QED) is 0.759. The van der Waals surface area contributed by atoms with Gasteiger partial charge in [-0.1, -0.05) is 0 Å². The molecule has 1 aliphatic carbocycles. The van der Waals surface area contributed by atoms with Gasteiger partial charge in [0.1, 0.15) is 10.4 Å². The Morgan fingerprint density at radius 3 is 2.54 bits per heavy atom. The number of aliphatic hydroxyl groups is 1. The molecule has 0 saturated heterocycles. The number of halogens is 2. The van der Waals surface area contributed by atoms with E-state index in [9.17, 15) is 13.9 Å². The standard InChI is InChI=1S/C16H14F2N4OS/c1-19-14-20-5-10(6-21-14)11-3-2-9-4-12(24-13(9)22-11)15(23)7-16(17,18)8-15/h2-6,23H,7-8H2,1H3,(H,19,20,21). The van der Waals surface area contributed by atoms with Crippen molar-refractivity contribution in [3.05, 3.63) is 35.5 Å². The lowest BCUT2D eigenvalue weighted by Gasteiger charge is -2.42. The van der Waals surface area contributed by atoms with Crippen LogP contribution in [-0.4, -0.2) is 33.0 Å². The summed E-state index contributed by atoms with van der Waals surface area (Å²) in [5.74, 6) is -2.26. The summed E-state index contributed by atoms with van der Waals surface area (Å²) in [6, 6.07) is 5.44. The fraction of sp³-hybridized carbons (Fsp3) is 0.312. The van der Waals surface area contributed by atoms with Gasteiger partial charge in [-0.05, 0) is 18.2 Å². The normalized spacial score (nSPS) is 18.3. The van der Waals surface area contributed by atoms with Crippen molar-refractivity contribution in [2.24, 2.45) is 0 Å². The first-order valence-electron chi connectivity index (χ1n) is 7.40. The second-order valence-electron chi connectivity index (χ2n) is 5.99. The summed E-state index contributed by atoms with van der Waals surface area (Å²) in [6.45, 7) is 0. The number of nitrogens with one attached hydrogen (secondary N) is 1. The molecule has 8 heteroatoms. The number of pyridine rings is 1. The molecular weight excluding hydrogens is 334 g/mol. The first kappa shape index (κ1) is 15.3. The summed E-state index contributed by atoms with van der Waals surface area (Å²) < 4.78 is 26.3. The van der Waals surface area contributed by atoms with Gasteiger partial charge in [0.15, 0.2) is 0 Å². The van der Waals surface area contributed by atoms with E-state index in [1.807, 2.05) is 12.1 Å². The summed E-state index contributed by atoms with van der Waals surface area (Å²) in [6.07, 6.45) is 2.28. The molecule has 0 amide bonds. The summed E-state index contributed by atoms with van der Waals surface area (Å²) >= 11 is 1.25. The lowest BCUT2D eigenvalue weighted by atomic mass is 9.75. The lowest BCUT2D eigenvalue weighted by Crippen LogP contribution is -2.48. The van der Waals surface area contributed by atoms with Gasteiger partial charge in [-0.15, -0.1) is 11.3 Å². The third-order valence-electron chi connectivity index (χ3n) is 4.11. The molecule has 1 aliphatic rings. The third-order valence-corrected chi connectivity index (χ3v) is 5.35. The summed E-state index contributed by atoms with van der Waals surface area (Å²) in [4.78, 5) is 14.1. The number of hydrogen-bond acceptors (Lipinski definition) is 6. The van der Waals surface area contributed by atoms with Gasteiger partial charge in [-0.25, -0.2) is 23.7 Å². The molecule has 124 valence electrons. The fourth-order valence-electron chi connectivity index (χ4n) is 2.88. The monoisotopic (exact) mass is 348 g/mol. The minimum absolute atomic E-state index is 0.520. The van der Waals surface area contributed by atoms with Crippen LogP contribution in [0, 0.1) is 0 Å². The van der Waals surface area contributed by atoms with Gasteiger partial charge in [0.25, 0.3) is 5.92 Å². The second-order valence-corrected chi connectivity index (χ2v) is 7.02. The maximum Gasteiger partial charge on any atom is 0.254 e. The first-order valence-corrected chi connectivity index (χ1v) is 8.22. The van der Waals surface area contributed by atoms with Crippen molar-refractivity contribution in [1.82, 2.24) is 15.0 Å². The predicted octanol–water partition coefficient (Wildman–Crippen LogP) is 3.41. The maximum absolute atomic E-state index is 13.1. The van der Waals surface area contributed by atoms with Crippen molar-refractivity contribution in [3.63, 3.8) is 0 Å². The Labute approximate surface area is 140 Å². The van der Waals surface area contributed by atoms with Gasteiger partial charge in [-0.2, -0.15) is 0 Å². The molecule has 0 spiro atoms. The highest BCUT2D eigenvalue weighted by Crippen LogP contribution is 2.53. The lowest BCUT2D eigenvalue weighted by molar-refractivity contribution is -0.208. The largest absolute Gasteiger partial charge is 0.384 e. The van der Waals surface area contributed by atoms with E-state index in [2.05, 4.69) is 20.3 Å². The Kier molecular flexibility index (Phi) is 3.29. The molecule has 5 nitrogen and oxygen atoms in total. The minimum atomic E-state index is -2.78. The zero-order valence-electron chi connectivity index (χ0n) is 12.8. The average molecular weight is 348 g/mol. The van der Waals surface area contributed by atoms with Crippen LogP contribution in [0.15, 0.2) is 30.6 Å². The van der Waals surface area contributed by atoms with E-state index in [0.29, 0.717) is 21.3 Å². The number of alkyl halides is 2. The molecule has 2 N–H and O–H groups in total. The van der Waals surface area contributed by atoms with E-state index >= 15 is 0 Å². The third kappa shape index (κ3) is 2.51. The Morgan fingerprint density at radius 2 is 1.92 bits per heavy atom. The molecule has 0 atom stereocenters. The summed E-state index contributed by atoms with van der Waals surface area (Å²) in [7, 11) is 1.74. The number of hydrogen-bond donors (Lipinski definition) is 2. The van der Waals surface area contributed by atoms with Crippen molar-refractivity contribution >= 4 is 27.5 Å². The van der Waals surface area contributed by atoms with Crippen LogP contribution in [0.5, 0.6) is 0 Å². The summed E-state index contributed by atoms with van der Waals surface area (Å²) in [5, 5.41) is 14.0. The molecule has 3 aromatic rings. The highest BCUT2D eigenvalue weighted by Gasteiger charge is 2.57. The van der Waals surface area contributed by atoms with Crippen LogP contribution in [0.4, 0.5) is 14.7 Å². The van der Waals surface area contributed by atoms with Gasteiger partial charge < -0.3 is 10.4 Å². The SMILES string of the molecule is CNc1ncc(-c2ccc3cc(C4(O)CC(F)(F)C4)sc3n2)cn1. The molecule has 3 heterocycles. The molecule has 0 aromatic carbocycles. The van der Waals surface area contributed by atoms with Crippen molar-refractivity contribution < 1.29 is 13.9 Å². The Hall–Kier alpha value is -2.19. The molecule has 4 rings (SSSR count). The van der Waals surface area contributed by atoms with Gasteiger partial charge in [0.05, 0.1) is 5.69 Å². The van der Waals surface area contributed by atoms with Crippen molar-refractivity contribution in [2.75, 3.05) is 12.4 Å². The highest BCUT2D eigenvalue weighted by atomic mass is 32.1. The molecule has 24 heavy (non-hydrogen) atoms. The van der Waals surface area contributed by atoms with Crippen molar-refractivity contribution in [3.8, 4) is 11.3 Å². The van der Waals surface area contributed by atoms with Crippen LogP contribution >= 0.6 is 11.3 Å². The number of fused-ring (bicyclic) bond motifs is 1. The average Bonchev–Trinajstić information content (AvgIpc) is 2.97. The van der Waals surface area contributed by atoms with E-state index in [1.54, 1.807) is 25.5 Å². The fourth-order valence-corrected chi connectivity index (χ4v) is 3.99.